The molecule has 0 atom stereocenters. The topological polar surface area (TPSA) is 40.5 Å². The molecule has 1 saturated carbocycles. The summed E-state index contributed by atoms with van der Waals surface area (Å²) in [7, 11) is 0. The molecule has 1 N–H and O–H groups in total. The molecule has 0 spiro atoms. The van der Waals surface area contributed by atoms with E-state index in [4.69, 9.17) is 5.11 Å². The average Bonchev–Trinajstić information content (AvgIpc) is 3.07. The molecule has 1 aromatic rings. The lowest BCUT2D eigenvalue weighted by Crippen LogP contribution is -2.27. The summed E-state index contributed by atoms with van der Waals surface area (Å²) in [5.41, 5.74) is 3.98. The molecule has 0 radical (unpaired) electrons. The fourth-order valence-electron chi connectivity index (χ4n) is 3.75. The van der Waals surface area contributed by atoms with Gasteiger partial charge in [-0.15, -0.1) is 0 Å². The second kappa shape index (κ2) is 5.86. The number of carboxylic acid groups (broad SMARTS) is 1. The van der Waals surface area contributed by atoms with Gasteiger partial charge in [0.1, 0.15) is 0 Å². The molecule has 0 saturated heterocycles. The minimum Gasteiger partial charge on any atom is -0.481 e. The standard InChI is InChI=1S/C17H23NO2/c19-16(20)9-8-14-6-3-7-15-10-11-18(17(14)15)12-13-4-1-2-5-13/h3,6-7,13H,1-2,4-5,8-12H2,(H,19,20). The number of aryl methyl sites for hydroxylation is 1. The Balaban J connectivity index is 1.76. The van der Waals surface area contributed by atoms with Crippen LogP contribution in [0.1, 0.15) is 43.2 Å². The van der Waals surface area contributed by atoms with Gasteiger partial charge in [0.2, 0.25) is 0 Å². The van der Waals surface area contributed by atoms with Gasteiger partial charge in [0.15, 0.2) is 0 Å². The van der Waals surface area contributed by atoms with Crippen molar-refractivity contribution in [3.8, 4) is 0 Å². The Labute approximate surface area is 120 Å². The van der Waals surface area contributed by atoms with Crippen LogP contribution in [0.3, 0.4) is 0 Å². The summed E-state index contributed by atoms with van der Waals surface area (Å²) >= 11 is 0. The van der Waals surface area contributed by atoms with Gasteiger partial charge in [0.25, 0.3) is 0 Å². The SMILES string of the molecule is O=C(O)CCc1cccc2c1N(CC1CCCC1)CC2. The van der Waals surface area contributed by atoms with Crippen LogP contribution < -0.4 is 4.90 Å². The average molecular weight is 273 g/mol. The second-order valence-corrected chi connectivity index (χ2v) is 6.17. The lowest BCUT2D eigenvalue weighted by Gasteiger charge is -2.25. The first kappa shape index (κ1) is 13.5. The van der Waals surface area contributed by atoms with Gasteiger partial charge < -0.3 is 10.0 Å². The van der Waals surface area contributed by atoms with Gasteiger partial charge in [-0.05, 0) is 42.7 Å². The van der Waals surface area contributed by atoms with Gasteiger partial charge in [0, 0.05) is 25.2 Å². The zero-order valence-corrected chi connectivity index (χ0v) is 12.0. The van der Waals surface area contributed by atoms with Crippen molar-refractivity contribution < 1.29 is 9.90 Å². The summed E-state index contributed by atoms with van der Waals surface area (Å²) in [5.74, 6) is 0.136. The van der Waals surface area contributed by atoms with E-state index in [2.05, 4.69) is 23.1 Å². The van der Waals surface area contributed by atoms with Crippen LogP contribution in [-0.4, -0.2) is 24.2 Å². The molecule has 3 heteroatoms. The largest absolute Gasteiger partial charge is 0.481 e. The third-order valence-electron chi connectivity index (χ3n) is 4.73. The highest BCUT2D eigenvalue weighted by atomic mass is 16.4. The van der Waals surface area contributed by atoms with Crippen LogP contribution in [0, 0.1) is 5.92 Å². The minimum absolute atomic E-state index is 0.230. The Bertz CT molecular complexity index is 492. The smallest absolute Gasteiger partial charge is 0.303 e. The number of anilines is 1. The van der Waals surface area contributed by atoms with Crippen molar-refractivity contribution in [3.05, 3.63) is 29.3 Å². The first-order valence-corrected chi connectivity index (χ1v) is 7.81. The van der Waals surface area contributed by atoms with E-state index < -0.39 is 5.97 Å². The molecule has 2 aliphatic rings. The van der Waals surface area contributed by atoms with Crippen LogP contribution in [0.2, 0.25) is 0 Å². The Kier molecular flexibility index (Phi) is 3.95. The van der Waals surface area contributed by atoms with Crippen molar-refractivity contribution in [2.24, 2.45) is 5.92 Å². The van der Waals surface area contributed by atoms with E-state index in [0.29, 0.717) is 6.42 Å². The third-order valence-corrected chi connectivity index (χ3v) is 4.73. The zero-order valence-electron chi connectivity index (χ0n) is 12.0. The predicted octanol–water partition coefficient (Wildman–Crippen LogP) is 3.26. The van der Waals surface area contributed by atoms with Crippen LogP contribution >= 0.6 is 0 Å². The molecule has 1 aromatic carbocycles. The lowest BCUT2D eigenvalue weighted by molar-refractivity contribution is -0.136. The van der Waals surface area contributed by atoms with Crippen molar-refractivity contribution in [2.75, 3.05) is 18.0 Å². The molecule has 20 heavy (non-hydrogen) atoms. The van der Waals surface area contributed by atoms with E-state index in [1.165, 1.54) is 42.5 Å². The zero-order chi connectivity index (χ0) is 13.9. The van der Waals surface area contributed by atoms with Crippen LogP contribution in [0.25, 0.3) is 0 Å². The maximum atomic E-state index is 10.8. The molecule has 3 nitrogen and oxygen atoms in total. The summed E-state index contributed by atoms with van der Waals surface area (Å²) in [6.07, 6.45) is 7.49. The van der Waals surface area contributed by atoms with Crippen LogP contribution in [0.15, 0.2) is 18.2 Å². The highest BCUT2D eigenvalue weighted by Crippen LogP contribution is 2.35. The molecule has 1 aliphatic carbocycles. The molecule has 0 amide bonds. The molecule has 1 heterocycles. The molecule has 3 rings (SSSR count). The van der Waals surface area contributed by atoms with Gasteiger partial charge in [-0.25, -0.2) is 0 Å². The molecular formula is C17H23NO2. The molecule has 0 unspecified atom stereocenters. The van der Waals surface area contributed by atoms with E-state index >= 15 is 0 Å². The molecular weight excluding hydrogens is 250 g/mol. The molecule has 1 fully saturated rings. The van der Waals surface area contributed by atoms with Gasteiger partial charge >= 0.3 is 5.97 Å². The summed E-state index contributed by atoms with van der Waals surface area (Å²) < 4.78 is 0. The van der Waals surface area contributed by atoms with E-state index in [1.54, 1.807) is 0 Å². The maximum absolute atomic E-state index is 10.8. The normalized spacial score (nSPS) is 18.5. The summed E-state index contributed by atoms with van der Waals surface area (Å²) in [6.45, 7) is 2.27. The van der Waals surface area contributed by atoms with E-state index in [0.717, 1.165) is 25.4 Å². The second-order valence-electron chi connectivity index (χ2n) is 6.17. The number of para-hydroxylation sites is 1. The fraction of sp³-hybridized carbons (Fsp3) is 0.588. The van der Waals surface area contributed by atoms with Crippen LogP contribution in [-0.2, 0) is 17.6 Å². The molecule has 0 bridgehead atoms. The quantitative estimate of drug-likeness (QED) is 0.895. The highest BCUT2D eigenvalue weighted by Gasteiger charge is 2.26. The number of hydrogen-bond donors (Lipinski definition) is 1. The van der Waals surface area contributed by atoms with Crippen LogP contribution in [0.5, 0.6) is 0 Å². The van der Waals surface area contributed by atoms with Gasteiger partial charge in [-0.2, -0.15) is 0 Å². The van der Waals surface area contributed by atoms with Crippen molar-refractivity contribution >= 4 is 11.7 Å². The number of aliphatic carboxylic acids is 1. The number of benzene rings is 1. The number of carbonyl (C=O) groups is 1. The molecule has 0 aromatic heterocycles. The summed E-state index contributed by atoms with van der Waals surface area (Å²) in [5, 5.41) is 8.91. The van der Waals surface area contributed by atoms with Crippen LogP contribution in [0.4, 0.5) is 5.69 Å². The number of rotatable bonds is 5. The van der Waals surface area contributed by atoms with Crippen molar-refractivity contribution in [2.45, 2.75) is 44.9 Å². The van der Waals surface area contributed by atoms with Gasteiger partial charge in [0.05, 0.1) is 0 Å². The maximum Gasteiger partial charge on any atom is 0.303 e. The highest BCUT2D eigenvalue weighted by molar-refractivity contribution is 5.69. The van der Waals surface area contributed by atoms with E-state index in [9.17, 15) is 4.79 Å². The third kappa shape index (κ3) is 2.82. The first-order valence-electron chi connectivity index (χ1n) is 7.81. The predicted molar refractivity (Wildman–Crippen MR) is 80.3 cm³/mol. The van der Waals surface area contributed by atoms with Crippen molar-refractivity contribution in [1.29, 1.82) is 0 Å². The molecule has 1 aliphatic heterocycles. The number of carboxylic acids is 1. The Morgan fingerprint density at radius 3 is 2.85 bits per heavy atom. The van der Waals surface area contributed by atoms with E-state index in [-0.39, 0.29) is 6.42 Å². The van der Waals surface area contributed by atoms with Crippen molar-refractivity contribution in [3.63, 3.8) is 0 Å². The number of hydrogen-bond acceptors (Lipinski definition) is 2. The van der Waals surface area contributed by atoms with Gasteiger partial charge in [-0.3, -0.25) is 4.79 Å². The summed E-state index contributed by atoms with van der Waals surface area (Å²) in [6, 6.07) is 6.39. The monoisotopic (exact) mass is 273 g/mol. The Morgan fingerprint density at radius 1 is 1.30 bits per heavy atom. The molecule has 108 valence electrons. The minimum atomic E-state index is -0.706. The number of fused-ring (bicyclic) bond motifs is 1. The van der Waals surface area contributed by atoms with E-state index in [1.807, 2.05) is 0 Å². The summed E-state index contributed by atoms with van der Waals surface area (Å²) in [4.78, 5) is 13.3. The first-order chi connectivity index (χ1) is 9.74. The number of nitrogens with zero attached hydrogens (tertiary/aromatic N) is 1. The lowest BCUT2D eigenvalue weighted by atomic mass is 10.0. The Hall–Kier alpha value is -1.51. The fourth-order valence-corrected chi connectivity index (χ4v) is 3.75. The van der Waals surface area contributed by atoms with Crippen molar-refractivity contribution in [1.82, 2.24) is 0 Å². The Morgan fingerprint density at radius 2 is 2.10 bits per heavy atom. The van der Waals surface area contributed by atoms with Gasteiger partial charge in [-0.1, -0.05) is 31.0 Å².